The Morgan fingerprint density at radius 2 is 1.84 bits per heavy atom. The molecule has 1 aliphatic heterocycles. The molecule has 3 aromatic heterocycles. The van der Waals surface area contributed by atoms with E-state index in [2.05, 4.69) is 35.6 Å². The van der Waals surface area contributed by atoms with Gasteiger partial charge in [0.2, 0.25) is 17.7 Å². The van der Waals surface area contributed by atoms with E-state index in [0.717, 1.165) is 51.6 Å². The zero-order valence-corrected chi connectivity index (χ0v) is 21.3. The number of hydrogen-bond acceptors (Lipinski definition) is 9. The van der Waals surface area contributed by atoms with Gasteiger partial charge in [-0.15, -0.1) is 0 Å². The number of nitrogens with one attached hydrogen (secondary N) is 4. The first-order valence-electron chi connectivity index (χ1n) is 13.6. The molecular weight excluding hydrogens is 488 g/mol. The van der Waals surface area contributed by atoms with Crippen LogP contribution in [0.1, 0.15) is 63.5 Å². The predicted molar refractivity (Wildman–Crippen MR) is 139 cm³/mol. The Morgan fingerprint density at radius 1 is 1.08 bits per heavy atom. The number of fused-ring (bicyclic) bond motifs is 1. The van der Waals surface area contributed by atoms with Gasteiger partial charge in [0.1, 0.15) is 5.69 Å². The summed E-state index contributed by atoms with van der Waals surface area (Å²) in [5, 5.41) is 21.7. The summed E-state index contributed by atoms with van der Waals surface area (Å²) in [6, 6.07) is 0.620. The van der Waals surface area contributed by atoms with E-state index in [0.29, 0.717) is 29.0 Å². The van der Waals surface area contributed by atoms with E-state index in [4.69, 9.17) is 9.98 Å². The van der Waals surface area contributed by atoms with Gasteiger partial charge < -0.3 is 20.7 Å². The van der Waals surface area contributed by atoms with Crippen LogP contribution in [0.15, 0.2) is 16.0 Å². The van der Waals surface area contributed by atoms with Crippen molar-refractivity contribution in [3.05, 3.63) is 33.2 Å². The van der Waals surface area contributed by atoms with Crippen LogP contribution >= 0.6 is 0 Å². The van der Waals surface area contributed by atoms with Gasteiger partial charge in [-0.2, -0.15) is 19.6 Å². The summed E-state index contributed by atoms with van der Waals surface area (Å²) in [4.78, 5) is 45.3. The minimum Gasteiger partial charge on any atom is -0.493 e. The van der Waals surface area contributed by atoms with Crippen LogP contribution in [-0.4, -0.2) is 83.2 Å². The van der Waals surface area contributed by atoms with Crippen LogP contribution in [0.3, 0.4) is 0 Å². The lowest BCUT2D eigenvalue weighted by Gasteiger charge is -2.31. The third-order valence-corrected chi connectivity index (χ3v) is 7.50. The number of rotatable bonds is 7. The number of carbonyl (C=O) groups is 1. The maximum Gasteiger partial charge on any atom is 0.326 e. The highest BCUT2D eigenvalue weighted by Crippen LogP contribution is 2.23. The normalized spacial score (nSPS) is 23.7. The summed E-state index contributed by atoms with van der Waals surface area (Å²) < 4.78 is 1.59. The summed E-state index contributed by atoms with van der Waals surface area (Å²) in [7, 11) is 0. The SMILES string of the molecule is O=C(CN1CCCCC1)NC1CCC(Nc2nc(=NC3CC3)n3nc/c(=C\c4[nH]c(=O)[nH]c4O)c3n2)CC1. The van der Waals surface area contributed by atoms with Crippen molar-refractivity contribution in [2.75, 3.05) is 25.0 Å². The molecule has 3 fully saturated rings. The molecule has 4 heterocycles. The molecule has 13 heteroatoms. The van der Waals surface area contributed by atoms with Gasteiger partial charge in [-0.25, -0.2) is 9.79 Å². The lowest BCUT2D eigenvalue weighted by Crippen LogP contribution is -2.45. The first kappa shape index (κ1) is 24.6. The number of hydrogen-bond donors (Lipinski definition) is 5. The molecule has 2 aliphatic carbocycles. The van der Waals surface area contributed by atoms with E-state index in [1.807, 2.05) is 0 Å². The van der Waals surface area contributed by atoms with E-state index in [-0.39, 0.29) is 35.6 Å². The van der Waals surface area contributed by atoms with Crippen LogP contribution in [-0.2, 0) is 4.79 Å². The van der Waals surface area contributed by atoms with Crippen molar-refractivity contribution in [3.8, 4) is 5.88 Å². The van der Waals surface area contributed by atoms with Gasteiger partial charge in [0.25, 0.3) is 5.62 Å². The van der Waals surface area contributed by atoms with E-state index >= 15 is 0 Å². The maximum absolute atomic E-state index is 12.5. The highest BCUT2D eigenvalue weighted by atomic mass is 16.3. The standard InChI is InChI=1S/C25H34N10O3/c36-20(14-34-10-2-1-3-11-34)27-16-4-6-17(7-5-16)28-23-31-21-15(12-19-22(37)32-25(38)30-19)13-26-35(21)24(33-23)29-18-8-9-18/h12-13,16-18,37H,1-11,14H2,(H,27,36)(H,28,29,33)(H2,30,32,38)/b15-12+. The zero-order valence-electron chi connectivity index (χ0n) is 21.3. The van der Waals surface area contributed by atoms with Crippen LogP contribution in [0.2, 0.25) is 0 Å². The summed E-state index contributed by atoms with van der Waals surface area (Å²) in [5.74, 6) is 0.351. The summed E-state index contributed by atoms with van der Waals surface area (Å²) >= 11 is 0. The smallest absolute Gasteiger partial charge is 0.326 e. The molecule has 0 atom stereocenters. The minimum absolute atomic E-state index is 0.128. The molecule has 2 saturated carbocycles. The molecule has 0 unspecified atom stereocenters. The topological polar surface area (TPSA) is 169 Å². The Kier molecular flexibility index (Phi) is 6.83. The molecule has 1 saturated heterocycles. The quantitative estimate of drug-likeness (QED) is 0.284. The number of likely N-dealkylation sites (tertiary alicyclic amines) is 1. The van der Waals surface area contributed by atoms with Crippen LogP contribution in [0.5, 0.6) is 5.88 Å². The second-order valence-electron chi connectivity index (χ2n) is 10.6. The molecule has 3 aromatic rings. The zero-order chi connectivity index (χ0) is 26.1. The molecule has 0 spiro atoms. The summed E-state index contributed by atoms with van der Waals surface area (Å²) in [6.45, 7) is 2.53. The molecule has 0 radical (unpaired) electrons. The molecule has 3 aliphatic rings. The molecule has 13 nitrogen and oxygen atoms in total. The van der Waals surface area contributed by atoms with Crippen molar-refractivity contribution in [2.45, 2.75) is 75.9 Å². The van der Waals surface area contributed by atoms with E-state index < -0.39 is 5.69 Å². The first-order chi connectivity index (χ1) is 18.5. The van der Waals surface area contributed by atoms with Crippen molar-refractivity contribution in [1.82, 2.24) is 39.8 Å². The number of anilines is 1. The van der Waals surface area contributed by atoms with E-state index in [1.165, 1.54) is 19.3 Å². The highest BCUT2D eigenvalue weighted by Gasteiger charge is 2.25. The summed E-state index contributed by atoms with van der Waals surface area (Å²) in [5.41, 5.74) is 0.761. The molecule has 202 valence electrons. The van der Waals surface area contributed by atoms with Crippen molar-refractivity contribution in [3.63, 3.8) is 0 Å². The molecule has 6 rings (SSSR count). The van der Waals surface area contributed by atoms with Gasteiger partial charge in [0.05, 0.1) is 18.8 Å². The van der Waals surface area contributed by atoms with Crippen molar-refractivity contribution >= 4 is 23.6 Å². The fraction of sp³-hybridized carbons (Fsp3) is 0.600. The van der Waals surface area contributed by atoms with Crippen molar-refractivity contribution in [2.24, 2.45) is 4.99 Å². The molecule has 0 bridgehead atoms. The molecule has 0 aromatic carbocycles. The monoisotopic (exact) mass is 522 g/mol. The maximum atomic E-state index is 12.5. The third-order valence-electron chi connectivity index (χ3n) is 7.50. The molecule has 5 N–H and O–H groups in total. The lowest BCUT2D eigenvalue weighted by atomic mass is 9.91. The first-order valence-corrected chi connectivity index (χ1v) is 13.6. The Balaban J connectivity index is 1.15. The van der Waals surface area contributed by atoms with Gasteiger partial charge in [-0.3, -0.25) is 14.7 Å². The number of aromatic hydroxyl groups is 1. The van der Waals surface area contributed by atoms with Crippen molar-refractivity contribution < 1.29 is 9.90 Å². The Labute approximate surface area is 218 Å². The number of aromatic amines is 2. The largest absolute Gasteiger partial charge is 0.493 e. The number of amides is 1. The number of imidazole rings is 1. The van der Waals surface area contributed by atoms with Gasteiger partial charge >= 0.3 is 5.69 Å². The fourth-order valence-electron chi connectivity index (χ4n) is 5.30. The van der Waals surface area contributed by atoms with E-state index in [9.17, 15) is 14.7 Å². The Morgan fingerprint density at radius 3 is 2.55 bits per heavy atom. The number of aromatic nitrogens is 6. The van der Waals surface area contributed by atoms with Gasteiger partial charge in [0.15, 0.2) is 5.65 Å². The molecule has 38 heavy (non-hydrogen) atoms. The molecule has 1 amide bonds. The predicted octanol–water partition coefficient (Wildman–Crippen LogP) is -0.218. The fourth-order valence-corrected chi connectivity index (χ4v) is 5.30. The third kappa shape index (κ3) is 5.72. The van der Waals surface area contributed by atoms with Gasteiger partial charge in [0, 0.05) is 17.3 Å². The number of carbonyl (C=O) groups excluding carboxylic acids is 1. The van der Waals surface area contributed by atoms with Crippen LogP contribution in [0.25, 0.3) is 11.7 Å². The van der Waals surface area contributed by atoms with Crippen LogP contribution < -0.4 is 27.2 Å². The Hall–Kier alpha value is -3.74. The van der Waals surface area contributed by atoms with Gasteiger partial charge in [-0.1, -0.05) is 6.42 Å². The second kappa shape index (κ2) is 10.6. The van der Waals surface area contributed by atoms with E-state index in [1.54, 1.807) is 16.8 Å². The van der Waals surface area contributed by atoms with Crippen LogP contribution in [0, 0.1) is 0 Å². The minimum atomic E-state index is -0.495. The van der Waals surface area contributed by atoms with Gasteiger partial charge in [-0.05, 0) is 70.5 Å². The summed E-state index contributed by atoms with van der Waals surface area (Å²) in [6.07, 6.45) is 12.5. The van der Waals surface area contributed by atoms with Crippen LogP contribution in [0.4, 0.5) is 5.95 Å². The second-order valence-corrected chi connectivity index (χ2v) is 10.6. The lowest BCUT2D eigenvalue weighted by molar-refractivity contribution is -0.123. The number of nitrogens with zero attached hydrogens (tertiary/aromatic N) is 6. The average molecular weight is 523 g/mol. The number of piperidine rings is 1. The molecular formula is C25H34N10O3. The Bertz CT molecular complexity index is 1470. The highest BCUT2D eigenvalue weighted by molar-refractivity contribution is 5.78. The average Bonchev–Trinajstić information content (AvgIpc) is 3.54. The number of H-pyrrole nitrogens is 2. The van der Waals surface area contributed by atoms with Crippen molar-refractivity contribution in [1.29, 1.82) is 0 Å².